The van der Waals surface area contributed by atoms with Crippen molar-refractivity contribution in [3.05, 3.63) is 69.5 Å². The molecule has 0 aliphatic rings. The molecule has 0 unspecified atom stereocenters. The van der Waals surface area contributed by atoms with Crippen LogP contribution in [0.15, 0.2) is 42.5 Å². The van der Waals surface area contributed by atoms with Crippen molar-refractivity contribution >= 4 is 17.3 Å². The maximum absolute atomic E-state index is 12.8. The number of carbonyl (C=O) groups is 1. The average molecular weight is 289 g/mol. The van der Waals surface area contributed by atoms with Gasteiger partial charge in [0.1, 0.15) is 5.82 Å². The summed E-state index contributed by atoms with van der Waals surface area (Å²) >= 11 is 0. The molecule has 2 aromatic carbocycles. The van der Waals surface area contributed by atoms with Crippen LogP contribution in [0.3, 0.4) is 0 Å². The number of nitrogens with zero attached hydrogens (tertiary/aromatic N) is 1. The summed E-state index contributed by atoms with van der Waals surface area (Å²) in [6.45, 7) is 0.168. The number of primary amides is 1. The minimum Gasteiger partial charge on any atom is -0.381 e. The second-order valence-corrected chi connectivity index (χ2v) is 4.33. The van der Waals surface area contributed by atoms with Gasteiger partial charge in [0.05, 0.1) is 4.92 Å². The van der Waals surface area contributed by atoms with Gasteiger partial charge in [-0.25, -0.2) is 4.39 Å². The highest BCUT2D eigenvalue weighted by atomic mass is 19.1. The van der Waals surface area contributed by atoms with Crippen molar-refractivity contribution < 1.29 is 14.1 Å². The van der Waals surface area contributed by atoms with Crippen LogP contribution in [-0.4, -0.2) is 10.8 Å². The summed E-state index contributed by atoms with van der Waals surface area (Å²) in [5.41, 5.74) is 6.01. The molecule has 7 heteroatoms. The topological polar surface area (TPSA) is 98.3 Å². The van der Waals surface area contributed by atoms with Gasteiger partial charge in [-0.15, -0.1) is 0 Å². The lowest BCUT2D eigenvalue weighted by Gasteiger charge is -2.08. The normalized spacial score (nSPS) is 10.1. The quantitative estimate of drug-likeness (QED) is 0.652. The number of hydrogen-bond acceptors (Lipinski definition) is 4. The van der Waals surface area contributed by atoms with Gasteiger partial charge in [-0.3, -0.25) is 14.9 Å². The van der Waals surface area contributed by atoms with Crippen molar-refractivity contribution in [1.29, 1.82) is 0 Å². The summed E-state index contributed by atoms with van der Waals surface area (Å²) in [4.78, 5) is 21.5. The number of halogens is 1. The predicted octanol–water partition coefficient (Wildman–Crippen LogP) is 2.44. The van der Waals surface area contributed by atoms with Crippen LogP contribution in [0.5, 0.6) is 0 Å². The summed E-state index contributed by atoms with van der Waals surface area (Å²) in [6.07, 6.45) is 0. The first kappa shape index (κ1) is 14.4. The molecule has 21 heavy (non-hydrogen) atoms. The van der Waals surface area contributed by atoms with E-state index in [0.717, 1.165) is 6.07 Å². The van der Waals surface area contributed by atoms with Gasteiger partial charge in [-0.05, 0) is 36.4 Å². The van der Waals surface area contributed by atoms with Gasteiger partial charge >= 0.3 is 0 Å². The number of rotatable bonds is 5. The molecule has 0 atom stereocenters. The number of benzene rings is 2. The Morgan fingerprint density at radius 1 is 1.24 bits per heavy atom. The molecular weight excluding hydrogens is 277 g/mol. The fraction of sp³-hybridized carbons (Fsp3) is 0.0714. The zero-order chi connectivity index (χ0) is 15.4. The van der Waals surface area contributed by atoms with Crippen molar-refractivity contribution in [3.8, 4) is 0 Å². The molecule has 0 bridgehead atoms. The SMILES string of the molecule is NC(=O)c1ccc(CNc2ccc(F)cc2)c([N+](=O)[O-])c1. The van der Waals surface area contributed by atoms with Crippen molar-refractivity contribution in [2.24, 2.45) is 5.73 Å². The minimum atomic E-state index is -0.726. The van der Waals surface area contributed by atoms with Gasteiger partial charge in [0.25, 0.3) is 5.69 Å². The Labute approximate surface area is 119 Å². The number of nitro groups is 1. The Kier molecular flexibility index (Phi) is 4.13. The molecule has 1 amide bonds. The number of nitrogens with two attached hydrogens (primary N) is 1. The van der Waals surface area contributed by atoms with Gasteiger partial charge < -0.3 is 11.1 Å². The lowest BCUT2D eigenvalue weighted by Crippen LogP contribution is -2.12. The van der Waals surface area contributed by atoms with Gasteiger partial charge in [0.15, 0.2) is 0 Å². The maximum atomic E-state index is 12.8. The smallest absolute Gasteiger partial charge is 0.275 e. The zero-order valence-corrected chi connectivity index (χ0v) is 10.9. The van der Waals surface area contributed by atoms with E-state index in [9.17, 15) is 19.3 Å². The van der Waals surface area contributed by atoms with Crippen LogP contribution >= 0.6 is 0 Å². The average Bonchev–Trinajstić information content (AvgIpc) is 2.46. The van der Waals surface area contributed by atoms with Gasteiger partial charge in [-0.2, -0.15) is 0 Å². The molecule has 6 nitrogen and oxygen atoms in total. The number of nitrogens with one attached hydrogen (secondary N) is 1. The molecule has 0 fully saturated rings. The van der Waals surface area contributed by atoms with Crippen molar-refractivity contribution in [1.82, 2.24) is 0 Å². The lowest BCUT2D eigenvalue weighted by atomic mass is 10.1. The molecule has 0 saturated carbocycles. The largest absolute Gasteiger partial charge is 0.381 e. The van der Waals surface area contributed by atoms with Gasteiger partial charge in [0, 0.05) is 29.4 Å². The minimum absolute atomic E-state index is 0.0761. The third-order valence-electron chi connectivity index (χ3n) is 2.89. The number of anilines is 1. The van der Waals surface area contributed by atoms with E-state index in [1.807, 2.05) is 0 Å². The van der Waals surface area contributed by atoms with E-state index in [1.165, 1.54) is 36.4 Å². The molecule has 2 rings (SSSR count). The molecule has 0 radical (unpaired) electrons. The summed E-state index contributed by atoms with van der Waals surface area (Å²) in [5, 5.41) is 14.0. The molecule has 2 aromatic rings. The van der Waals surface area contributed by atoms with Crippen molar-refractivity contribution in [2.45, 2.75) is 6.54 Å². The molecule has 0 aliphatic carbocycles. The van der Waals surface area contributed by atoms with Crippen molar-refractivity contribution in [2.75, 3.05) is 5.32 Å². The van der Waals surface area contributed by atoms with E-state index in [0.29, 0.717) is 11.3 Å². The Bertz CT molecular complexity index is 686. The van der Waals surface area contributed by atoms with Crippen LogP contribution in [0.25, 0.3) is 0 Å². The lowest BCUT2D eigenvalue weighted by molar-refractivity contribution is -0.385. The Hall–Kier alpha value is -2.96. The third kappa shape index (κ3) is 3.53. The molecule has 0 saturated heterocycles. The van der Waals surface area contributed by atoms with E-state index < -0.39 is 10.8 Å². The van der Waals surface area contributed by atoms with Gasteiger partial charge in [0.2, 0.25) is 5.91 Å². The van der Waals surface area contributed by atoms with E-state index >= 15 is 0 Å². The van der Waals surface area contributed by atoms with E-state index in [2.05, 4.69) is 5.32 Å². The van der Waals surface area contributed by atoms with Crippen LogP contribution in [0.2, 0.25) is 0 Å². The summed E-state index contributed by atoms with van der Waals surface area (Å²) in [6, 6.07) is 9.66. The summed E-state index contributed by atoms with van der Waals surface area (Å²) in [7, 11) is 0. The summed E-state index contributed by atoms with van der Waals surface area (Å²) in [5.74, 6) is -1.09. The monoisotopic (exact) mass is 289 g/mol. The second-order valence-electron chi connectivity index (χ2n) is 4.33. The molecule has 3 N–H and O–H groups in total. The Balaban J connectivity index is 2.21. The van der Waals surface area contributed by atoms with Crippen LogP contribution < -0.4 is 11.1 Å². The van der Waals surface area contributed by atoms with Crippen LogP contribution in [0.4, 0.5) is 15.8 Å². The molecule has 0 aliphatic heterocycles. The van der Waals surface area contributed by atoms with E-state index in [1.54, 1.807) is 0 Å². The number of hydrogen-bond donors (Lipinski definition) is 2. The first-order valence-corrected chi connectivity index (χ1v) is 6.04. The fourth-order valence-electron chi connectivity index (χ4n) is 1.80. The maximum Gasteiger partial charge on any atom is 0.275 e. The highest BCUT2D eigenvalue weighted by molar-refractivity contribution is 5.93. The zero-order valence-electron chi connectivity index (χ0n) is 10.9. The Morgan fingerprint density at radius 2 is 1.90 bits per heavy atom. The molecule has 108 valence electrons. The van der Waals surface area contributed by atoms with E-state index in [-0.39, 0.29) is 23.6 Å². The fourth-order valence-corrected chi connectivity index (χ4v) is 1.80. The first-order valence-electron chi connectivity index (χ1n) is 6.04. The molecule has 0 aromatic heterocycles. The van der Waals surface area contributed by atoms with Gasteiger partial charge in [-0.1, -0.05) is 0 Å². The Morgan fingerprint density at radius 3 is 2.48 bits per heavy atom. The van der Waals surface area contributed by atoms with Crippen LogP contribution in [0, 0.1) is 15.9 Å². The number of carbonyl (C=O) groups excluding carboxylic acids is 1. The molecule has 0 spiro atoms. The van der Waals surface area contributed by atoms with Crippen molar-refractivity contribution in [3.63, 3.8) is 0 Å². The molecule has 0 heterocycles. The first-order chi connectivity index (χ1) is 9.97. The van der Waals surface area contributed by atoms with E-state index in [4.69, 9.17) is 5.73 Å². The third-order valence-corrected chi connectivity index (χ3v) is 2.89. The molecular formula is C14H12FN3O3. The summed E-state index contributed by atoms with van der Waals surface area (Å²) < 4.78 is 12.8. The highest BCUT2D eigenvalue weighted by Crippen LogP contribution is 2.21. The highest BCUT2D eigenvalue weighted by Gasteiger charge is 2.16. The standard InChI is InChI=1S/C14H12FN3O3/c15-11-3-5-12(6-4-11)17-8-10-2-1-9(14(16)19)7-13(10)18(20)21/h1-7,17H,8H2,(H2,16,19). The van der Waals surface area contributed by atoms with Crippen LogP contribution in [-0.2, 0) is 6.54 Å². The number of nitro benzene ring substituents is 1. The van der Waals surface area contributed by atoms with Crippen LogP contribution in [0.1, 0.15) is 15.9 Å². The predicted molar refractivity (Wildman–Crippen MR) is 75.3 cm³/mol. The second kappa shape index (κ2) is 6.00. The number of amides is 1.